The molecular weight excluding hydrogens is 257 g/mol. The predicted molar refractivity (Wildman–Crippen MR) is 61.1 cm³/mol. The quantitative estimate of drug-likeness (QED) is 0.833. The van der Waals surface area contributed by atoms with Gasteiger partial charge in [0.1, 0.15) is 11.8 Å². The molecule has 0 aliphatic heterocycles. The minimum atomic E-state index is -4.75. The number of hydrogen-bond acceptors (Lipinski definition) is 3. The highest BCUT2D eigenvalue weighted by Crippen LogP contribution is 2.28. The summed E-state index contributed by atoms with van der Waals surface area (Å²) in [4.78, 5) is 4.00. The monoisotopic (exact) mass is 264 g/mol. The molecule has 2 rings (SSSR count). The summed E-state index contributed by atoms with van der Waals surface area (Å²) in [5.41, 5.74) is 0.989. The summed E-state index contributed by atoms with van der Waals surface area (Å²) in [5, 5.41) is 8.93. The zero-order valence-corrected chi connectivity index (χ0v) is 9.48. The summed E-state index contributed by atoms with van der Waals surface area (Å²) in [7, 11) is 0. The first-order chi connectivity index (χ1) is 8.99. The lowest BCUT2D eigenvalue weighted by Gasteiger charge is -2.10. The molecule has 0 spiro atoms. The second-order valence-corrected chi connectivity index (χ2v) is 3.59. The van der Waals surface area contributed by atoms with E-state index in [2.05, 4.69) is 9.72 Å². The molecule has 0 N–H and O–H groups in total. The van der Waals surface area contributed by atoms with Gasteiger partial charge in [-0.15, -0.1) is 13.2 Å². The van der Waals surface area contributed by atoms with Crippen LogP contribution in [0.1, 0.15) is 5.56 Å². The Labute approximate surface area is 106 Å². The summed E-state index contributed by atoms with van der Waals surface area (Å²) in [6.45, 7) is 0. The van der Waals surface area contributed by atoms with Crippen LogP contribution in [0.4, 0.5) is 13.2 Å². The summed E-state index contributed by atoms with van der Waals surface area (Å²) < 4.78 is 40.2. The van der Waals surface area contributed by atoms with E-state index >= 15 is 0 Å². The van der Waals surface area contributed by atoms with Crippen LogP contribution in [0.3, 0.4) is 0 Å². The number of rotatable bonds is 2. The highest BCUT2D eigenvalue weighted by Gasteiger charge is 2.31. The Kier molecular flexibility index (Phi) is 3.38. The van der Waals surface area contributed by atoms with Crippen molar-refractivity contribution < 1.29 is 17.9 Å². The van der Waals surface area contributed by atoms with E-state index in [9.17, 15) is 13.2 Å². The van der Waals surface area contributed by atoms with Gasteiger partial charge in [-0.1, -0.05) is 12.1 Å². The van der Waals surface area contributed by atoms with Crippen LogP contribution in [0, 0.1) is 11.3 Å². The lowest BCUT2D eigenvalue weighted by atomic mass is 10.1. The average molecular weight is 264 g/mol. The van der Waals surface area contributed by atoms with Crippen LogP contribution >= 0.6 is 0 Å². The van der Waals surface area contributed by atoms with Crippen LogP contribution in [-0.2, 0) is 0 Å². The molecule has 0 aliphatic carbocycles. The van der Waals surface area contributed by atoms with Gasteiger partial charge in [-0.2, -0.15) is 5.26 Å². The van der Waals surface area contributed by atoms with Gasteiger partial charge in [0, 0.05) is 11.8 Å². The zero-order chi connectivity index (χ0) is 13.9. The number of nitrogens with zero attached hydrogens (tertiary/aromatic N) is 2. The SMILES string of the molecule is N#Cc1cccnc1-c1cccc(OC(F)(F)F)c1. The number of aromatic nitrogens is 1. The second kappa shape index (κ2) is 4.98. The fourth-order valence-corrected chi connectivity index (χ4v) is 1.57. The van der Waals surface area contributed by atoms with E-state index in [1.807, 2.05) is 6.07 Å². The largest absolute Gasteiger partial charge is 0.573 e. The summed E-state index contributed by atoms with van der Waals surface area (Å²) in [6.07, 6.45) is -3.28. The van der Waals surface area contributed by atoms with Gasteiger partial charge in [-0.25, -0.2) is 0 Å². The molecule has 0 fully saturated rings. The third kappa shape index (κ3) is 3.22. The van der Waals surface area contributed by atoms with Crippen molar-refractivity contribution in [2.45, 2.75) is 6.36 Å². The Bertz CT molecular complexity index is 632. The summed E-state index contributed by atoms with van der Waals surface area (Å²) >= 11 is 0. The summed E-state index contributed by atoms with van der Waals surface area (Å²) in [5.74, 6) is -0.348. The van der Waals surface area contributed by atoms with E-state index in [0.29, 0.717) is 11.3 Å². The van der Waals surface area contributed by atoms with Gasteiger partial charge in [0.05, 0.1) is 11.3 Å². The van der Waals surface area contributed by atoms with Crippen LogP contribution in [0.5, 0.6) is 5.75 Å². The van der Waals surface area contributed by atoms with Crippen molar-refractivity contribution >= 4 is 0 Å². The maximum atomic E-state index is 12.1. The van der Waals surface area contributed by atoms with Gasteiger partial charge in [-0.3, -0.25) is 4.98 Å². The molecule has 0 saturated carbocycles. The van der Waals surface area contributed by atoms with Crippen molar-refractivity contribution in [3.63, 3.8) is 0 Å². The fourth-order valence-electron chi connectivity index (χ4n) is 1.57. The molecule has 19 heavy (non-hydrogen) atoms. The lowest BCUT2D eigenvalue weighted by Crippen LogP contribution is -2.17. The van der Waals surface area contributed by atoms with Crippen LogP contribution in [-0.4, -0.2) is 11.3 Å². The maximum absolute atomic E-state index is 12.1. The van der Waals surface area contributed by atoms with Crippen LogP contribution in [0.25, 0.3) is 11.3 Å². The molecule has 0 bridgehead atoms. The number of halogens is 3. The molecule has 0 saturated heterocycles. The van der Waals surface area contributed by atoms with Crippen molar-refractivity contribution in [3.8, 4) is 23.1 Å². The molecule has 1 aromatic carbocycles. The number of benzene rings is 1. The zero-order valence-electron chi connectivity index (χ0n) is 9.48. The predicted octanol–water partition coefficient (Wildman–Crippen LogP) is 3.52. The molecule has 3 nitrogen and oxygen atoms in total. The second-order valence-electron chi connectivity index (χ2n) is 3.59. The Hall–Kier alpha value is -2.55. The van der Waals surface area contributed by atoms with Crippen LogP contribution in [0.15, 0.2) is 42.6 Å². The Morgan fingerprint density at radius 1 is 1.16 bits per heavy atom. The van der Waals surface area contributed by atoms with Gasteiger partial charge >= 0.3 is 6.36 Å². The minimum Gasteiger partial charge on any atom is -0.406 e. The van der Waals surface area contributed by atoms with Crippen molar-refractivity contribution in [1.29, 1.82) is 5.26 Å². The number of nitriles is 1. The van der Waals surface area contributed by atoms with Crippen molar-refractivity contribution in [2.75, 3.05) is 0 Å². The third-order valence-corrected chi connectivity index (χ3v) is 2.27. The first kappa shape index (κ1) is 12.9. The lowest BCUT2D eigenvalue weighted by molar-refractivity contribution is -0.274. The molecule has 2 aromatic rings. The number of hydrogen-bond donors (Lipinski definition) is 0. The standard InChI is InChI=1S/C13H7F3N2O/c14-13(15,16)19-11-5-1-3-9(7-11)12-10(8-17)4-2-6-18-12/h1-7H. The highest BCUT2D eigenvalue weighted by molar-refractivity contribution is 5.67. The van der Waals surface area contributed by atoms with Crippen molar-refractivity contribution in [1.82, 2.24) is 4.98 Å². The van der Waals surface area contributed by atoms with E-state index in [-0.39, 0.29) is 11.3 Å². The smallest absolute Gasteiger partial charge is 0.406 e. The first-order valence-electron chi connectivity index (χ1n) is 5.21. The van der Waals surface area contributed by atoms with Gasteiger partial charge in [0.2, 0.25) is 0 Å². The molecule has 1 aromatic heterocycles. The molecule has 0 radical (unpaired) electrons. The summed E-state index contributed by atoms with van der Waals surface area (Å²) in [6, 6.07) is 10.4. The highest BCUT2D eigenvalue weighted by atomic mass is 19.4. The van der Waals surface area contributed by atoms with Crippen molar-refractivity contribution in [3.05, 3.63) is 48.2 Å². The normalized spacial score (nSPS) is 10.8. The van der Waals surface area contributed by atoms with E-state index in [1.165, 1.54) is 24.4 Å². The Balaban J connectivity index is 2.41. The fraction of sp³-hybridized carbons (Fsp3) is 0.0769. The van der Waals surface area contributed by atoms with Gasteiger partial charge in [0.15, 0.2) is 0 Å². The van der Waals surface area contributed by atoms with E-state index in [1.54, 1.807) is 18.2 Å². The van der Waals surface area contributed by atoms with E-state index in [4.69, 9.17) is 5.26 Å². The Morgan fingerprint density at radius 2 is 1.95 bits per heavy atom. The van der Waals surface area contributed by atoms with E-state index in [0.717, 1.165) is 0 Å². The van der Waals surface area contributed by atoms with Gasteiger partial charge < -0.3 is 4.74 Å². The minimum absolute atomic E-state index is 0.284. The average Bonchev–Trinajstić information content (AvgIpc) is 2.37. The maximum Gasteiger partial charge on any atom is 0.573 e. The molecule has 1 heterocycles. The molecule has 6 heteroatoms. The first-order valence-corrected chi connectivity index (χ1v) is 5.21. The molecule has 0 unspecified atom stereocenters. The molecular formula is C13H7F3N2O. The number of alkyl halides is 3. The molecule has 96 valence electrons. The molecule has 0 aliphatic rings. The van der Waals surface area contributed by atoms with Gasteiger partial charge in [-0.05, 0) is 24.3 Å². The van der Waals surface area contributed by atoms with Crippen LogP contribution in [0.2, 0.25) is 0 Å². The van der Waals surface area contributed by atoms with Gasteiger partial charge in [0.25, 0.3) is 0 Å². The topological polar surface area (TPSA) is 45.9 Å². The Morgan fingerprint density at radius 3 is 2.63 bits per heavy atom. The van der Waals surface area contributed by atoms with Crippen molar-refractivity contribution in [2.24, 2.45) is 0 Å². The van der Waals surface area contributed by atoms with E-state index < -0.39 is 6.36 Å². The molecule has 0 amide bonds. The van der Waals surface area contributed by atoms with Crippen LogP contribution < -0.4 is 4.74 Å². The number of pyridine rings is 1. The molecule has 0 atom stereocenters. The third-order valence-electron chi connectivity index (χ3n) is 2.27. The number of ether oxygens (including phenoxy) is 1.